The summed E-state index contributed by atoms with van der Waals surface area (Å²) in [5.74, 6) is 0.969. The monoisotopic (exact) mass is 400 g/mol. The minimum Gasteiger partial charge on any atom is -0.341 e. The Bertz CT molecular complexity index is 748. The molecule has 0 saturated carbocycles. The Hall–Kier alpha value is -1.66. The van der Waals surface area contributed by atoms with Crippen molar-refractivity contribution < 1.29 is 4.79 Å². The van der Waals surface area contributed by atoms with E-state index in [0.29, 0.717) is 23.9 Å². The molecule has 3 aliphatic rings. The average molecular weight is 401 g/mol. The first-order valence-electron chi connectivity index (χ1n) is 11.4. The van der Waals surface area contributed by atoms with E-state index in [9.17, 15) is 9.59 Å². The van der Waals surface area contributed by atoms with Gasteiger partial charge in [-0.2, -0.15) is 0 Å². The van der Waals surface area contributed by atoms with Crippen molar-refractivity contribution in [3.8, 4) is 0 Å². The van der Waals surface area contributed by atoms with Crippen LogP contribution >= 0.6 is 0 Å². The molecule has 1 amide bonds. The molecule has 3 fully saturated rings. The number of H-pyrrole nitrogens is 1. The molecule has 6 nitrogen and oxygen atoms in total. The van der Waals surface area contributed by atoms with Crippen molar-refractivity contribution in [1.82, 2.24) is 20.1 Å². The third-order valence-electron chi connectivity index (χ3n) is 7.14. The highest BCUT2D eigenvalue weighted by atomic mass is 16.2. The molecular formula is C23H36N4O2. The van der Waals surface area contributed by atoms with Gasteiger partial charge in [0.2, 0.25) is 11.5 Å². The molecule has 29 heavy (non-hydrogen) atoms. The van der Waals surface area contributed by atoms with Gasteiger partial charge < -0.3 is 15.2 Å². The van der Waals surface area contributed by atoms with Gasteiger partial charge in [0.15, 0.2) is 0 Å². The number of hydrogen-bond donors (Lipinski definition) is 2. The van der Waals surface area contributed by atoms with Crippen LogP contribution in [0.4, 0.5) is 0 Å². The molecule has 0 aliphatic carbocycles. The first kappa shape index (κ1) is 20.6. The number of fused-ring (bicyclic) bond motifs is 1. The van der Waals surface area contributed by atoms with E-state index >= 15 is 0 Å². The maximum atomic E-state index is 13.7. The minimum atomic E-state index is -0.267. The highest BCUT2D eigenvalue weighted by Crippen LogP contribution is 2.40. The fourth-order valence-electron chi connectivity index (χ4n) is 5.78. The van der Waals surface area contributed by atoms with Crippen molar-refractivity contribution in [3.63, 3.8) is 0 Å². The topological polar surface area (TPSA) is 68.4 Å². The van der Waals surface area contributed by atoms with Crippen LogP contribution in [0.3, 0.4) is 0 Å². The van der Waals surface area contributed by atoms with Gasteiger partial charge in [-0.25, -0.2) is 0 Å². The Kier molecular flexibility index (Phi) is 6.11. The normalized spacial score (nSPS) is 28.7. The van der Waals surface area contributed by atoms with Crippen molar-refractivity contribution in [2.24, 2.45) is 5.92 Å². The molecule has 1 aromatic rings. The SMILES string of the molecule is CC(C)N[C@@H]1CN2CCCC[C@]2(C(=O)N2CCC(Cc3ccc(=O)[nH]c3)CC2)C1. The average Bonchev–Trinajstić information content (AvgIpc) is 3.08. The number of likely N-dealkylation sites (tertiary alicyclic amines) is 1. The van der Waals surface area contributed by atoms with Crippen LogP contribution in [-0.4, -0.2) is 64.5 Å². The Balaban J connectivity index is 1.37. The Morgan fingerprint density at radius 1 is 1.24 bits per heavy atom. The van der Waals surface area contributed by atoms with E-state index < -0.39 is 0 Å². The Morgan fingerprint density at radius 3 is 2.72 bits per heavy atom. The Labute approximate surface area is 174 Å². The van der Waals surface area contributed by atoms with Crippen LogP contribution in [0.5, 0.6) is 0 Å². The zero-order chi connectivity index (χ0) is 20.4. The van der Waals surface area contributed by atoms with Gasteiger partial charge in [-0.05, 0) is 63.0 Å². The van der Waals surface area contributed by atoms with Crippen molar-refractivity contribution in [2.75, 3.05) is 26.2 Å². The summed E-state index contributed by atoms with van der Waals surface area (Å²) in [6.45, 7) is 8.19. The zero-order valence-corrected chi connectivity index (χ0v) is 18.0. The predicted octanol–water partition coefficient (Wildman–Crippen LogP) is 2.15. The maximum absolute atomic E-state index is 13.7. The molecule has 0 radical (unpaired) electrons. The first-order valence-corrected chi connectivity index (χ1v) is 11.4. The number of carbonyl (C=O) groups is 1. The van der Waals surface area contributed by atoms with Crippen LogP contribution in [0.1, 0.15) is 57.9 Å². The summed E-state index contributed by atoms with van der Waals surface area (Å²) in [7, 11) is 0. The van der Waals surface area contributed by atoms with Crippen molar-refractivity contribution in [3.05, 3.63) is 34.2 Å². The molecule has 3 saturated heterocycles. The molecule has 6 heteroatoms. The smallest absolute Gasteiger partial charge is 0.247 e. The fourth-order valence-corrected chi connectivity index (χ4v) is 5.78. The van der Waals surface area contributed by atoms with Crippen LogP contribution in [-0.2, 0) is 11.2 Å². The van der Waals surface area contributed by atoms with Crippen LogP contribution in [0, 0.1) is 5.92 Å². The van der Waals surface area contributed by atoms with Crippen molar-refractivity contribution in [1.29, 1.82) is 0 Å². The van der Waals surface area contributed by atoms with Crippen molar-refractivity contribution in [2.45, 2.75) is 76.4 Å². The second kappa shape index (κ2) is 8.60. The fraction of sp³-hybridized carbons (Fsp3) is 0.739. The maximum Gasteiger partial charge on any atom is 0.247 e. The lowest BCUT2D eigenvalue weighted by molar-refractivity contribution is -0.146. The molecule has 160 valence electrons. The second-order valence-electron chi connectivity index (χ2n) is 9.66. The van der Waals surface area contributed by atoms with Gasteiger partial charge in [0, 0.05) is 44.0 Å². The number of rotatable bonds is 5. The molecule has 0 aromatic carbocycles. The molecule has 4 rings (SSSR count). The number of piperidine rings is 2. The third-order valence-corrected chi connectivity index (χ3v) is 7.14. The third kappa shape index (κ3) is 4.43. The number of pyridine rings is 1. The van der Waals surface area contributed by atoms with E-state index in [-0.39, 0.29) is 11.1 Å². The summed E-state index contributed by atoms with van der Waals surface area (Å²) in [6, 6.07) is 4.41. The predicted molar refractivity (Wildman–Crippen MR) is 115 cm³/mol. The number of nitrogens with one attached hydrogen (secondary N) is 2. The molecule has 4 heterocycles. The Morgan fingerprint density at radius 2 is 2.03 bits per heavy atom. The molecule has 0 unspecified atom stereocenters. The van der Waals surface area contributed by atoms with E-state index in [1.165, 1.54) is 18.4 Å². The highest BCUT2D eigenvalue weighted by molar-refractivity contribution is 5.87. The van der Waals surface area contributed by atoms with Gasteiger partial charge in [-0.15, -0.1) is 0 Å². The van der Waals surface area contributed by atoms with E-state index in [1.54, 1.807) is 6.07 Å². The zero-order valence-electron chi connectivity index (χ0n) is 18.0. The molecule has 2 atom stereocenters. The van der Waals surface area contributed by atoms with E-state index in [4.69, 9.17) is 0 Å². The summed E-state index contributed by atoms with van der Waals surface area (Å²) in [4.78, 5) is 32.4. The molecule has 3 aliphatic heterocycles. The van der Waals surface area contributed by atoms with Crippen LogP contribution < -0.4 is 10.9 Å². The van der Waals surface area contributed by atoms with Crippen molar-refractivity contribution >= 4 is 5.91 Å². The van der Waals surface area contributed by atoms with Crippen LogP contribution in [0.15, 0.2) is 23.1 Å². The number of nitrogens with zero attached hydrogens (tertiary/aromatic N) is 2. The molecule has 1 aromatic heterocycles. The van der Waals surface area contributed by atoms with Crippen LogP contribution in [0.2, 0.25) is 0 Å². The van der Waals surface area contributed by atoms with Gasteiger partial charge in [0.1, 0.15) is 5.54 Å². The first-order chi connectivity index (χ1) is 14.0. The van der Waals surface area contributed by atoms with E-state index in [1.807, 2.05) is 12.3 Å². The summed E-state index contributed by atoms with van der Waals surface area (Å²) in [6.07, 6.45) is 9.27. The summed E-state index contributed by atoms with van der Waals surface area (Å²) in [5, 5.41) is 3.68. The van der Waals surface area contributed by atoms with Gasteiger partial charge in [-0.3, -0.25) is 14.5 Å². The lowest BCUT2D eigenvalue weighted by Gasteiger charge is -2.45. The molecule has 2 N–H and O–H groups in total. The molecular weight excluding hydrogens is 364 g/mol. The van der Waals surface area contributed by atoms with Gasteiger partial charge >= 0.3 is 0 Å². The number of hydrogen-bond acceptors (Lipinski definition) is 4. The molecule has 0 spiro atoms. The van der Waals surface area contributed by atoms with Gasteiger partial charge in [0.05, 0.1) is 0 Å². The standard InChI is InChI=1S/C23H36N4O2/c1-17(2)25-20-14-23(9-3-4-10-27(23)16-20)22(29)26-11-7-18(8-12-26)13-19-5-6-21(28)24-15-19/h5-6,15,17-18,20,25H,3-4,7-14,16H2,1-2H3,(H,24,28)/t20-,23+/m0/s1. The van der Waals surface area contributed by atoms with E-state index in [0.717, 1.165) is 58.3 Å². The quantitative estimate of drug-likeness (QED) is 0.795. The number of amides is 1. The summed E-state index contributed by atoms with van der Waals surface area (Å²) >= 11 is 0. The van der Waals surface area contributed by atoms with Gasteiger partial charge in [0.25, 0.3) is 0 Å². The van der Waals surface area contributed by atoms with Crippen LogP contribution in [0.25, 0.3) is 0 Å². The number of carbonyl (C=O) groups excluding carboxylic acids is 1. The lowest BCUT2D eigenvalue weighted by atomic mass is 9.83. The molecule has 0 bridgehead atoms. The van der Waals surface area contributed by atoms with E-state index in [2.05, 4.69) is 33.9 Å². The largest absolute Gasteiger partial charge is 0.341 e. The van der Waals surface area contributed by atoms with Gasteiger partial charge in [-0.1, -0.05) is 19.9 Å². The summed E-state index contributed by atoms with van der Waals surface area (Å²) in [5.41, 5.74) is 0.869. The summed E-state index contributed by atoms with van der Waals surface area (Å²) < 4.78 is 0. The lowest BCUT2D eigenvalue weighted by Crippen LogP contribution is -2.59. The minimum absolute atomic E-state index is 0.0488. The highest BCUT2D eigenvalue weighted by Gasteiger charge is 2.53. The number of aromatic nitrogens is 1. The second-order valence-corrected chi connectivity index (χ2v) is 9.66. The number of aromatic amines is 1.